The summed E-state index contributed by atoms with van der Waals surface area (Å²) in [6.07, 6.45) is 2.69. The van der Waals surface area contributed by atoms with Crippen LogP contribution in [-0.2, 0) is 19.1 Å². The van der Waals surface area contributed by atoms with Gasteiger partial charge in [-0.1, -0.05) is 0 Å². The van der Waals surface area contributed by atoms with Crippen LogP contribution in [0.2, 0.25) is 0 Å². The molecule has 0 radical (unpaired) electrons. The molecule has 0 amide bonds. The summed E-state index contributed by atoms with van der Waals surface area (Å²) in [5.41, 5.74) is 0. The number of ether oxygens (including phenoxy) is 2. The predicted molar refractivity (Wildman–Crippen MR) is 52.8 cm³/mol. The number of nitrogens with zero attached hydrogens (tertiary/aromatic N) is 2. The lowest BCUT2D eigenvalue weighted by atomic mass is 10.5. The minimum Gasteiger partial charge on any atom is -0.461 e. The molecule has 0 heterocycles. The summed E-state index contributed by atoms with van der Waals surface area (Å²) in [5.74, 6) is -1.20. The number of esters is 2. The minimum absolute atomic E-state index is 0.0287. The third-order valence-electron chi connectivity index (χ3n) is 1.28. The molecule has 6 nitrogen and oxygen atoms in total. The van der Waals surface area contributed by atoms with Gasteiger partial charge in [0.1, 0.15) is 19.6 Å². The molecule has 0 aromatic heterocycles. The maximum Gasteiger partial charge on any atom is 0.387 e. The first-order valence-electron chi connectivity index (χ1n) is 4.37. The van der Waals surface area contributed by atoms with Gasteiger partial charge >= 0.3 is 18.5 Å². The first kappa shape index (κ1) is 13.7. The van der Waals surface area contributed by atoms with Crippen LogP contribution >= 0.6 is 0 Å². The van der Waals surface area contributed by atoms with Gasteiger partial charge in [0.2, 0.25) is 0 Å². The lowest BCUT2D eigenvalue weighted by Gasteiger charge is -1.97. The third-order valence-corrected chi connectivity index (χ3v) is 1.28. The summed E-state index contributed by atoms with van der Waals surface area (Å²) < 4.78 is 9.20. The smallest absolute Gasteiger partial charge is 0.387 e. The highest BCUT2D eigenvalue weighted by Crippen LogP contribution is 1.86. The van der Waals surface area contributed by atoms with E-state index in [1.165, 1.54) is 12.2 Å². The van der Waals surface area contributed by atoms with E-state index in [1.807, 2.05) is 0 Å². The predicted octanol–water partition coefficient (Wildman–Crippen LogP) is 0.462. The fraction of sp³-hybridized carbons (Fsp3) is 0.400. The van der Waals surface area contributed by atoms with E-state index in [0.717, 1.165) is 0 Å². The van der Waals surface area contributed by atoms with Crippen LogP contribution in [0.15, 0.2) is 12.2 Å². The molecule has 0 aromatic carbocycles. The molecule has 0 fully saturated rings. The zero-order chi connectivity index (χ0) is 12.2. The summed E-state index contributed by atoms with van der Waals surface area (Å²) in [6.45, 7) is 6.15. The van der Waals surface area contributed by atoms with Crippen LogP contribution in [0.25, 0.3) is 4.85 Å². The van der Waals surface area contributed by atoms with Crippen LogP contribution < -0.4 is 0 Å². The molecule has 0 aliphatic rings. The second-order valence-corrected chi connectivity index (χ2v) is 2.49. The largest absolute Gasteiger partial charge is 0.461 e. The van der Waals surface area contributed by atoms with Gasteiger partial charge < -0.3 is 14.3 Å². The van der Waals surface area contributed by atoms with E-state index in [4.69, 9.17) is 11.8 Å². The Hall–Kier alpha value is -2.34. The lowest BCUT2D eigenvalue weighted by molar-refractivity contribution is -0.142. The van der Waals surface area contributed by atoms with E-state index in [-0.39, 0.29) is 26.2 Å². The normalized spacial score (nSPS) is 9.12. The van der Waals surface area contributed by atoms with Crippen molar-refractivity contribution in [2.24, 2.45) is 0 Å². The second kappa shape index (κ2) is 9.22. The number of carbonyl (C=O) groups is 2. The summed E-state index contributed by atoms with van der Waals surface area (Å²) >= 11 is 0. The van der Waals surface area contributed by atoms with Crippen molar-refractivity contribution in [3.05, 3.63) is 23.6 Å². The van der Waals surface area contributed by atoms with Crippen molar-refractivity contribution in [3.63, 3.8) is 0 Å². The Morgan fingerprint density at radius 3 is 2.31 bits per heavy atom. The molecule has 0 spiro atoms. The Labute approximate surface area is 92.9 Å². The van der Waals surface area contributed by atoms with E-state index in [2.05, 4.69) is 14.3 Å². The van der Waals surface area contributed by atoms with Gasteiger partial charge in [-0.05, 0) is 12.2 Å². The number of rotatable bonds is 6. The molecule has 0 atom stereocenters. The van der Waals surface area contributed by atoms with E-state index in [9.17, 15) is 9.59 Å². The molecule has 84 valence electrons. The van der Waals surface area contributed by atoms with Crippen LogP contribution in [0.3, 0.4) is 0 Å². The average Bonchev–Trinajstić information content (AvgIpc) is 2.24. The molecule has 0 saturated heterocycles. The minimum atomic E-state index is -0.600. The monoisotopic (exact) mass is 222 g/mol. The number of hydrogen-bond acceptors (Lipinski definition) is 5. The Morgan fingerprint density at radius 2 is 1.81 bits per heavy atom. The second-order valence-electron chi connectivity index (χ2n) is 2.49. The van der Waals surface area contributed by atoms with Gasteiger partial charge in [-0.2, -0.15) is 5.26 Å². The average molecular weight is 222 g/mol. The molecule has 0 bridgehead atoms. The van der Waals surface area contributed by atoms with Gasteiger partial charge in [0.15, 0.2) is 0 Å². The zero-order valence-corrected chi connectivity index (χ0v) is 8.51. The fourth-order valence-electron chi connectivity index (χ4n) is 0.644. The first-order chi connectivity index (χ1) is 7.70. The molecule has 6 heteroatoms. The Morgan fingerprint density at radius 1 is 1.25 bits per heavy atom. The Balaban J connectivity index is 3.50. The van der Waals surface area contributed by atoms with E-state index in [0.29, 0.717) is 0 Å². The summed E-state index contributed by atoms with van der Waals surface area (Å²) in [4.78, 5) is 24.2. The van der Waals surface area contributed by atoms with Crippen molar-refractivity contribution >= 4 is 11.9 Å². The van der Waals surface area contributed by atoms with Crippen LogP contribution in [-0.4, -0.2) is 31.7 Å². The zero-order valence-electron chi connectivity index (χ0n) is 8.51. The maximum atomic E-state index is 10.7. The SMILES string of the molecule is [C-]#[N+]CC(=O)OC/C=C/COC(=O)CC#N. The van der Waals surface area contributed by atoms with Gasteiger partial charge in [-0.25, -0.2) is 11.4 Å². The molecule has 0 unspecified atom stereocenters. The molecular weight excluding hydrogens is 212 g/mol. The van der Waals surface area contributed by atoms with E-state index < -0.39 is 11.9 Å². The van der Waals surface area contributed by atoms with Crippen molar-refractivity contribution in [1.29, 1.82) is 5.26 Å². The number of nitriles is 1. The van der Waals surface area contributed by atoms with Crippen molar-refractivity contribution in [2.45, 2.75) is 6.42 Å². The summed E-state index contributed by atoms with van der Waals surface area (Å²) in [7, 11) is 0. The fourth-order valence-corrected chi connectivity index (χ4v) is 0.644. The quantitative estimate of drug-likeness (QED) is 0.370. The molecule has 0 aliphatic heterocycles. The highest BCUT2D eigenvalue weighted by Gasteiger charge is 2.02. The number of carbonyl (C=O) groups excluding carboxylic acids is 2. The van der Waals surface area contributed by atoms with Crippen molar-refractivity contribution in [3.8, 4) is 6.07 Å². The Bertz CT molecular complexity index is 315. The van der Waals surface area contributed by atoms with Gasteiger partial charge in [0, 0.05) is 0 Å². The highest BCUT2D eigenvalue weighted by atomic mass is 16.5. The Kier molecular flexibility index (Phi) is 7.88. The summed E-state index contributed by atoms with van der Waals surface area (Å²) in [5, 5.41) is 8.14. The van der Waals surface area contributed by atoms with Gasteiger partial charge in [0.05, 0.1) is 6.07 Å². The number of hydrogen-bond donors (Lipinski definition) is 0. The van der Waals surface area contributed by atoms with Crippen molar-refractivity contribution < 1.29 is 19.1 Å². The van der Waals surface area contributed by atoms with Crippen LogP contribution in [0.1, 0.15) is 6.42 Å². The third kappa shape index (κ3) is 8.27. The van der Waals surface area contributed by atoms with Crippen LogP contribution in [0.4, 0.5) is 0 Å². The molecule has 0 aromatic rings. The van der Waals surface area contributed by atoms with E-state index in [1.54, 1.807) is 6.07 Å². The first-order valence-corrected chi connectivity index (χ1v) is 4.37. The van der Waals surface area contributed by atoms with Crippen molar-refractivity contribution in [1.82, 2.24) is 0 Å². The van der Waals surface area contributed by atoms with Crippen LogP contribution in [0, 0.1) is 17.9 Å². The van der Waals surface area contributed by atoms with Gasteiger partial charge in [-0.15, -0.1) is 0 Å². The molecule has 16 heavy (non-hydrogen) atoms. The van der Waals surface area contributed by atoms with Gasteiger partial charge in [-0.3, -0.25) is 4.79 Å². The molecular formula is C10H10N2O4. The standard InChI is InChI=1S/C10H10N2O4/c1-12-8-10(14)16-7-3-2-6-15-9(13)4-5-11/h2-3H,4,6-8H2/b3-2+. The molecule has 0 saturated carbocycles. The van der Waals surface area contributed by atoms with Gasteiger partial charge in [0.25, 0.3) is 0 Å². The molecule has 0 aliphatic carbocycles. The molecule has 0 rings (SSSR count). The van der Waals surface area contributed by atoms with Crippen LogP contribution in [0.5, 0.6) is 0 Å². The molecule has 0 N–H and O–H groups in total. The maximum absolute atomic E-state index is 10.7. The highest BCUT2D eigenvalue weighted by molar-refractivity contribution is 5.73. The van der Waals surface area contributed by atoms with Crippen molar-refractivity contribution in [2.75, 3.05) is 19.8 Å². The lowest BCUT2D eigenvalue weighted by Crippen LogP contribution is -2.07. The topological polar surface area (TPSA) is 80.8 Å². The van der Waals surface area contributed by atoms with E-state index >= 15 is 0 Å². The summed E-state index contributed by atoms with van der Waals surface area (Å²) in [6, 6.07) is 1.65.